The van der Waals surface area contributed by atoms with E-state index in [9.17, 15) is 27.9 Å². The molecule has 2 aromatic rings. The number of hydrogen-bond donors (Lipinski definition) is 2. The molecule has 2 aliphatic heterocycles. The van der Waals surface area contributed by atoms with Crippen molar-refractivity contribution >= 4 is 17.5 Å². The maximum absolute atomic E-state index is 15.2. The van der Waals surface area contributed by atoms with Crippen LogP contribution in [0, 0.1) is 24.4 Å². The molecular formula is C23H21F5N2O3. The molecule has 0 radical (unpaired) electrons. The van der Waals surface area contributed by atoms with Crippen LogP contribution in [0.4, 0.5) is 27.6 Å². The van der Waals surface area contributed by atoms with Crippen molar-refractivity contribution < 1.29 is 36.6 Å². The van der Waals surface area contributed by atoms with Gasteiger partial charge in [-0.05, 0) is 62.4 Å². The maximum Gasteiger partial charge on any atom is 0.352 e. The van der Waals surface area contributed by atoms with E-state index in [0.29, 0.717) is 25.0 Å². The first-order chi connectivity index (χ1) is 15.5. The molecule has 2 heterocycles. The van der Waals surface area contributed by atoms with Crippen molar-refractivity contribution in [2.24, 2.45) is 0 Å². The highest BCUT2D eigenvalue weighted by Gasteiger charge is 2.53. The van der Waals surface area contributed by atoms with E-state index in [2.05, 4.69) is 5.32 Å². The van der Waals surface area contributed by atoms with Crippen LogP contribution in [0.15, 0.2) is 30.3 Å². The SMILES string of the molecule is Cc1cc(NC(=O)c2ccc(F)c(C(F)(F)C(=O)N3C4CCC3CC(O)C4)c2)cc(F)c1F. The van der Waals surface area contributed by atoms with Gasteiger partial charge in [0, 0.05) is 29.4 Å². The van der Waals surface area contributed by atoms with Crippen LogP contribution < -0.4 is 5.32 Å². The maximum atomic E-state index is 15.2. The fraction of sp³-hybridized carbons (Fsp3) is 0.391. The molecule has 2 aromatic carbocycles. The Morgan fingerprint density at radius 3 is 2.27 bits per heavy atom. The Hall–Kier alpha value is -3.01. The van der Waals surface area contributed by atoms with Crippen molar-refractivity contribution in [3.8, 4) is 0 Å². The fourth-order valence-corrected chi connectivity index (χ4v) is 4.67. The highest BCUT2D eigenvalue weighted by Crippen LogP contribution is 2.41. The quantitative estimate of drug-likeness (QED) is 0.659. The number of alkyl halides is 2. The van der Waals surface area contributed by atoms with Gasteiger partial charge in [-0.2, -0.15) is 8.78 Å². The molecule has 2 unspecified atom stereocenters. The largest absolute Gasteiger partial charge is 0.393 e. The third-order valence-electron chi connectivity index (χ3n) is 6.25. The van der Waals surface area contributed by atoms with Gasteiger partial charge < -0.3 is 15.3 Å². The summed E-state index contributed by atoms with van der Waals surface area (Å²) in [6.45, 7) is 1.28. The van der Waals surface area contributed by atoms with Gasteiger partial charge in [0.05, 0.1) is 11.7 Å². The second-order valence-corrected chi connectivity index (χ2v) is 8.53. The van der Waals surface area contributed by atoms with E-state index in [1.54, 1.807) is 0 Å². The van der Waals surface area contributed by atoms with Crippen LogP contribution in [0.5, 0.6) is 0 Å². The van der Waals surface area contributed by atoms with Gasteiger partial charge in [-0.15, -0.1) is 0 Å². The number of carbonyl (C=O) groups is 2. The summed E-state index contributed by atoms with van der Waals surface area (Å²) < 4.78 is 71.8. The summed E-state index contributed by atoms with van der Waals surface area (Å²) in [6.07, 6.45) is 0.627. The molecule has 2 fully saturated rings. The molecule has 2 aliphatic rings. The average molecular weight is 468 g/mol. The minimum absolute atomic E-state index is 0.0801. The van der Waals surface area contributed by atoms with E-state index in [4.69, 9.17) is 0 Å². The molecule has 2 bridgehead atoms. The van der Waals surface area contributed by atoms with Crippen molar-refractivity contribution in [1.82, 2.24) is 4.90 Å². The number of aliphatic hydroxyl groups is 1. The molecule has 0 saturated carbocycles. The van der Waals surface area contributed by atoms with Crippen molar-refractivity contribution in [3.05, 3.63) is 64.5 Å². The smallest absolute Gasteiger partial charge is 0.352 e. The Morgan fingerprint density at radius 2 is 1.67 bits per heavy atom. The first kappa shape index (κ1) is 23.2. The Morgan fingerprint density at radius 1 is 1.03 bits per heavy atom. The normalized spacial score (nSPS) is 22.4. The number of rotatable bonds is 4. The van der Waals surface area contributed by atoms with Crippen LogP contribution >= 0.6 is 0 Å². The summed E-state index contributed by atoms with van der Waals surface area (Å²) in [7, 11) is 0. The van der Waals surface area contributed by atoms with Crippen LogP contribution in [0.2, 0.25) is 0 Å². The third-order valence-corrected chi connectivity index (χ3v) is 6.25. The van der Waals surface area contributed by atoms with Gasteiger partial charge in [-0.1, -0.05) is 0 Å². The number of halogens is 5. The van der Waals surface area contributed by atoms with E-state index in [1.807, 2.05) is 0 Å². The van der Waals surface area contributed by atoms with Crippen LogP contribution in [0.25, 0.3) is 0 Å². The highest BCUT2D eigenvalue weighted by atomic mass is 19.3. The minimum atomic E-state index is -4.25. The molecular weight excluding hydrogens is 447 g/mol. The zero-order valence-electron chi connectivity index (χ0n) is 17.5. The second-order valence-electron chi connectivity index (χ2n) is 8.53. The van der Waals surface area contributed by atoms with E-state index in [-0.39, 0.29) is 24.1 Å². The summed E-state index contributed by atoms with van der Waals surface area (Å²) in [5.41, 5.74) is -1.84. The Labute approximate surface area is 186 Å². The first-order valence-electron chi connectivity index (χ1n) is 10.4. The molecule has 2 saturated heterocycles. The third kappa shape index (κ3) is 4.19. The summed E-state index contributed by atoms with van der Waals surface area (Å²) in [6, 6.07) is 2.95. The topological polar surface area (TPSA) is 69.6 Å². The molecule has 2 amide bonds. The van der Waals surface area contributed by atoms with Gasteiger partial charge in [0.15, 0.2) is 11.6 Å². The number of aryl methyl sites for hydroxylation is 1. The Bertz CT molecular complexity index is 1090. The predicted molar refractivity (Wildman–Crippen MR) is 108 cm³/mol. The number of fused-ring (bicyclic) bond motifs is 2. The lowest BCUT2D eigenvalue weighted by Crippen LogP contribution is -2.53. The number of amides is 2. The molecule has 4 rings (SSSR count). The highest BCUT2D eigenvalue weighted by molar-refractivity contribution is 6.04. The molecule has 5 nitrogen and oxygen atoms in total. The van der Waals surface area contributed by atoms with E-state index < -0.39 is 64.5 Å². The molecule has 10 heteroatoms. The molecule has 0 spiro atoms. The monoisotopic (exact) mass is 468 g/mol. The Kier molecular flexibility index (Phi) is 5.90. The summed E-state index contributed by atoms with van der Waals surface area (Å²) in [4.78, 5) is 26.3. The van der Waals surface area contributed by atoms with Gasteiger partial charge >= 0.3 is 5.92 Å². The zero-order chi connectivity index (χ0) is 24.1. The molecule has 33 heavy (non-hydrogen) atoms. The van der Waals surface area contributed by atoms with E-state index >= 15 is 8.78 Å². The summed E-state index contributed by atoms with van der Waals surface area (Å²) in [5, 5.41) is 12.1. The number of nitrogens with one attached hydrogen (secondary N) is 1. The lowest BCUT2D eigenvalue weighted by atomic mass is 9.96. The van der Waals surface area contributed by atoms with E-state index in [0.717, 1.165) is 23.1 Å². The molecule has 2 atom stereocenters. The van der Waals surface area contributed by atoms with Crippen molar-refractivity contribution in [1.29, 1.82) is 0 Å². The van der Waals surface area contributed by atoms with Crippen LogP contribution in [0.1, 0.15) is 47.2 Å². The predicted octanol–water partition coefficient (Wildman–Crippen LogP) is 4.27. The summed E-state index contributed by atoms with van der Waals surface area (Å²) in [5.74, 6) is -10.4. The van der Waals surface area contributed by atoms with Crippen LogP contribution in [0.3, 0.4) is 0 Å². The van der Waals surface area contributed by atoms with Gasteiger partial charge in [0.25, 0.3) is 11.8 Å². The number of nitrogens with zero attached hydrogens (tertiary/aromatic N) is 1. The first-order valence-corrected chi connectivity index (χ1v) is 10.4. The van der Waals surface area contributed by atoms with Crippen molar-refractivity contribution in [2.45, 2.75) is 56.7 Å². The number of hydrogen-bond acceptors (Lipinski definition) is 3. The zero-order valence-corrected chi connectivity index (χ0v) is 17.5. The van der Waals surface area contributed by atoms with Crippen molar-refractivity contribution in [2.75, 3.05) is 5.32 Å². The van der Waals surface area contributed by atoms with Gasteiger partial charge in [-0.25, -0.2) is 13.2 Å². The number of benzene rings is 2. The molecule has 2 N–H and O–H groups in total. The standard InChI is InChI=1S/C23H21F5N2O3/c1-11-6-13(8-19(25)20(11)26)29-21(32)12-2-5-18(24)17(7-12)23(27,28)22(33)30-14-3-4-15(30)10-16(31)9-14/h2,5-8,14-16,31H,3-4,9-10H2,1H3,(H,29,32). The second kappa shape index (κ2) is 8.40. The lowest BCUT2D eigenvalue weighted by molar-refractivity contribution is -0.166. The van der Waals surface area contributed by atoms with Crippen LogP contribution in [-0.2, 0) is 10.7 Å². The Balaban J connectivity index is 1.60. The van der Waals surface area contributed by atoms with Gasteiger partial charge in [0.2, 0.25) is 0 Å². The number of aliphatic hydroxyl groups excluding tert-OH is 1. The molecule has 0 aromatic heterocycles. The van der Waals surface area contributed by atoms with Crippen LogP contribution in [-0.4, -0.2) is 40.0 Å². The molecule has 0 aliphatic carbocycles. The minimum Gasteiger partial charge on any atom is -0.393 e. The molecule has 176 valence electrons. The van der Waals surface area contributed by atoms with E-state index in [1.165, 1.54) is 6.92 Å². The van der Waals surface area contributed by atoms with Crippen molar-refractivity contribution in [3.63, 3.8) is 0 Å². The fourth-order valence-electron chi connectivity index (χ4n) is 4.67. The van der Waals surface area contributed by atoms with Gasteiger partial charge in [-0.3, -0.25) is 9.59 Å². The lowest BCUT2D eigenvalue weighted by Gasteiger charge is -2.39. The number of carbonyl (C=O) groups excluding carboxylic acids is 2. The summed E-state index contributed by atoms with van der Waals surface area (Å²) >= 11 is 0. The number of piperidine rings is 1. The van der Waals surface area contributed by atoms with Gasteiger partial charge in [0.1, 0.15) is 5.82 Å². The average Bonchev–Trinajstić information content (AvgIpc) is 3.02. The number of anilines is 1.